The Kier molecular flexibility index (Phi) is 2.86. The van der Waals surface area contributed by atoms with E-state index in [1.807, 2.05) is 6.07 Å². The average Bonchev–Trinajstić information content (AvgIpc) is 2.30. The smallest absolute Gasteiger partial charge is 0.151 e. The first-order valence-electron chi connectivity index (χ1n) is 4.61. The summed E-state index contributed by atoms with van der Waals surface area (Å²) in [5, 5.41) is 3.31. The first kappa shape index (κ1) is 9.30. The number of nitrogens with one attached hydrogen (secondary N) is 1. The van der Waals surface area contributed by atoms with Crippen molar-refractivity contribution in [3.63, 3.8) is 0 Å². The fraction of sp³-hybridized carbons (Fsp3) is 0.400. The van der Waals surface area contributed by atoms with E-state index in [4.69, 9.17) is 4.74 Å². The molecule has 1 aromatic rings. The van der Waals surface area contributed by atoms with Gasteiger partial charge in [-0.25, -0.2) is 0 Å². The molecule has 14 heavy (non-hydrogen) atoms. The molecule has 2 heterocycles. The van der Waals surface area contributed by atoms with Crippen LogP contribution in [0.15, 0.2) is 18.5 Å². The molecular formula is C10H12N2O2. The van der Waals surface area contributed by atoms with Crippen LogP contribution in [0.25, 0.3) is 0 Å². The molecule has 1 aromatic heterocycles. The van der Waals surface area contributed by atoms with Crippen LogP contribution in [0.3, 0.4) is 0 Å². The number of ether oxygens (including phenoxy) is 1. The van der Waals surface area contributed by atoms with Crippen LogP contribution >= 0.6 is 0 Å². The molecule has 0 aromatic carbocycles. The Morgan fingerprint density at radius 1 is 1.57 bits per heavy atom. The monoisotopic (exact) mass is 192 g/mol. The van der Waals surface area contributed by atoms with Crippen molar-refractivity contribution in [3.8, 4) is 0 Å². The Balaban J connectivity index is 2.17. The largest absolute Gasteiger partial charge is 0.378 e. The molecule has 1 aliphatic heterocycles. The van der Waals surface area contributed by atoms with Crippen molar-refractivity contribution >= 4 is 6.29 Å². The summed E-state index contributed by atoms with van der Waals surface area (Å²) in [6, 6.07) is 2.00. The van der Waals surface area contributed by atoms with E-state index in [1.54, 1.807) is 12.4 Å². The molecule has 0 amide bonds. The molecule has 1 saturated heterocycles. The minimum absolute atomic E-state index is 0.163. The van der Waals surface area contributed by atoms with Gasteiger partial charge in [0.2, 0.25) is 0 Å². The van der Waals surface area contributed by atoms with Crippen molar-refractivity contribution in [1.29, 1.82) is 0 Å². The maximum atomic E-state index is 10.5. The predicted octanol–water partition coefficient (Wildman–Crippen LogP) is 0.555. The summed E-state index contributed by atoms with van der Waals surface area (Å²) < 4.78 is 5.33. The zero-order chi connectivity index (χ0) is 9.80. The van der Waals surface area contributed by atoms with E-state index >= 15 is 0 Å². The van der Waals surface area contributed by atoms with Gasteiger partial charge in [-0.1, -0.05) is 0 Å². The van der Waals surface area contributed by atoms with E-state index in [9.17, 15) is 4.79 Å². The second kappa shape index (κ2) is 4.30. The van der Waals surface area contributed by atoms with Crippen molar-refractivity contribution in [2.24, 2.45) is 0 Å². The number of nitrogens with zero attached hydrogens (tertiary/aromatic N) is 1. The molecule has 0 spiro atoms. The number of hydrogen-bond acceptors (Lipinski definition) is 4. The van der Waals surface area contributed by atoms with Crippen molar-refractivity contribution in [3.05, 3.63) is 29.6 Å². The van der Waals surface area contributed by atoms with Crippen LogP contribution in [0.1, 0.15) is 22.0 Å². The molecule has 4 heteroatoms. The number of aromatic nitrogens is 1. The van der Waals surface area contributed by atoms with Gasteiger partial charge < -0.3 is 10.1 Å². The summed E-state index contributed by atoms with van der Waals surface area (Å²) >= 11 is 0. The van der Waals surface area contributed by atoms with Crippen LogP contribution < -0.4 is 5.32 Å². The molecule has 0 saturated carbocycles. The third-order valence-electron chi connectivity index (χ3n) is 2.24. The van der Waals surface area contributed by atoms with Crippen LogP contribution in [0.4, 0.5) is 0 Å². The Morgan fingerprint density at radius 2 is 2.50 bits per heavy atom. The number of carbonyl (C=O) groups is 1. The van der Waals surface area contributed by atoms with E-state index in [1.165, 1.54) is 0 Å². The summed E-state index contributed by atoms with van der Waals surface area (Å²) in [5.74, 6) is 0. The standard InChI is InChI=1S/C10H12N2O2/c13-6-8-3-9(5-11-4-8)10-7-14-2-1-12-10/h3-6,10,12H,1-2,7H2. The van der Waals surface area contributed by atoms with Crippen molar-refractivity contribution in [1.82, 2.24) is 10.3 Å². The van der Waals surface area contributed by atoms with Crippen LogP contribution in [0.5, 0.6) is 0 Å². The van der Waals surface area contributed by atoms with Gasteiger partial charge in [-0.15, -0.1) is 0 Å². The molecular weight excluding hydrogens is 180 g/mol. The summed E-state index contributed by atoms with van der Waals surface area (Å²) in [6.07, 6.45) is 4.12. The van der Waals surface area contributed by atoms with Gasteiger partial charge in [0.15, 0.2) is 6.29 Å². The van der Waals surface area contributed by atoms with Crippen LogP contribution in [-0.2, 0) is 4.74 Å². The van der Waals surface area contributed by atoms with Crippen LogP contribution in [-0.4, -0.2) is 31.0 Å². The molecule has 1 atom stereocenters. The zero-order valence-corrected chi connectivity index (χ0v) is 7.77. The van der Waals surface area contributed by atoms with Gasteiger partial charge in [0.05, 0.1) is 19.3 Å². The fourth-order valence-electron chi connectivity index (χ4n) is 1.51. The summed E-state index contributed by atoms with van der Waals surface area (Å²) in [4.78, 5) is 14.6. The first-order chi connectivity index (χ1) is 6.90. The van der Waals surface area contributed by atoms with Gasteiger partial charge in [0, 0.05) is 24.5 Å². The van der Waals surface area contributed by atoms with Crippen molar-refractivity contribution in [2.45, 2.75) is 6.04 Å². The summed E-state index contributed by atoms with van der Waals surface area (Å²) in [5.41, 5.74) is 1.61. The highest BCUT2D eigenvalue weighted by Crippen LogP contribution is 2.15. The average molecular weight is 192 g/mol. The highest BCUT2D eigenvalue weighted by atomic mass is 16.5. The van der Waals surface area contributed by atoms with Gasteiger partial charge >= 0.3 is 0 Å². The molecule has 1 unspecified atom stereocenters. The topological polar surface area (TPSA) is 51.2 Å². The van der Waals surface area contributed by atoms with Gasteiger partial charge in [-0.05, 0) is 11.6 Å². The molecule has 0 radical (unpaired) electrons. The van der Waals surface area contributed by atoms with Gasteiger partial charge in [-0.2, -0.15) is 0 Å². The number of rotatable bonds is 2. The van der Waals surface area contributed by atoms with Gasteiger partial charge in [-0.3, -0.25) is 9.78 Å². The number of morpholine rings is 1. The third kappa shape index (κ3) is 1.97. The van der Waals surface area contributed by atoms with E-state index in [2.05, 4.69) is 10.3 Å². The lowest BCUT2D eigenvalue weighted by atomic mass is 10.1. The predicted molar refractivity (Wildman–Crippen MR) is 51.2 cm³/mol. The minimum atomic E-state index is 0.163. The molecule has 1 fully saturated rings. The quantitative estimate of drug-likeness (QED) is 0.695. The molecule has 1 N–H and O–H groups in total. The maximum absolute atomic E-state index is 10.5. The van der Waals surface area contributed by atoms with E-state index in [-0.39, 0.29) is 6.04 Å². The lowest BCUT2D eigenvalue weighted by molar-refractivity contribution is 0.0767. The zero-order valence-electron chi connectivity index (χ0n) is 7.77. The lowest BCUT2D eigenvalue weighted by Gasteiger charge is -2.23. The Morgan fingerprint density at radius 3 is 3.21 bits per heavy atom. The summed E-state index contributed by atoms with van der Waals surface area (Å²) in [6.45, 7) is 2.23. The number of pyridine rings is 1. The van der Waals surface area contributed by atoms with Crippen molar-refractivity contribution in [2.75, 3.05) is 19.8 Å². The molecule has 0 bridgehead atoms. The SMILES string of the molecule is O=Cc1cncc(C2COCCN2)c1. The third-order valence-corrected chi connectivity index (χ3v) is 2.24. The van der Waals surface area contributed by atoms with E-state index < -0.39 is 0 Å². The Bertz CT molecular complexity index is 322. The summed E-state index contributed by atoms with van der Waals surface area (Å²) in [7, 11) is 0. The van der Waals surface area contributed by atoms with E-state index in [0.29, 0.717) is 12.2 Å². The lowest BCUT2D eigenvalue weighted by Crippen LogP contribution is -2.34. The highest BCUT2D eigenvalue weighted by Gasteiger charge is 2.15. The minimum Gasteiger partial charge on any atom is -0.378 e. The first-order valence-corrected chi connectivity index (χ1v) is 4.61. The molecule has 2 rings (SSSR count). The Labute approximate surface area is 82.3 Å². The molecule has 0 aliphatic carbocycles. The van der Waals surface area contributed by atoms with Crippen LogP contribution in [0, 0.1) is 0 Å². The number of carbonyl (C=O) groups excluding carboxylic acids is 1. The number of hydrogen-bond donors (Lipinski definition) is 1. The van der Waals surface area contributed by atoms with Gasteiger partial charge in [0.1, 0.15) is 0 Å². The van der Waals surface area contributed by atoms with Crippen molar-refractivity contribution < 1.29 is 9.53 Å². The van der Waals surface area contributed by atoms with E-state index in [0.717, 1.165) is 25.0 Å². The Hall–Kier alpha value is -1.26. The molecule has 74 valence electrons. The molecule has 1 aliphatic rings. The normalized spacial score (nSPS) is 21.9. The second-order valence-corrected chi connectivity index (χ2v) is 3.25. The number of aldehydes is 1. The second-order valence-electron chi connectivity index (χ2n) is 3.25. The molecule has 4 nitrogen and oxygen atoms in total. The highest BCUT2D eigenvalue weighted by molar-refractivity contribution is 5.74. The fourth-order valence-corrected chi connectivity index (χ4v) is 1.51. The van der Waals surface area contributed by atoms with Crippen LogP contribution in [0.2, 0.25) is 0 Å². The van der Waals surface area contributed by atoms with Gasteiger partial charge in [0.25, 0.3) is 0 Å². The maximum Gasteiger partial charge on any atom is 0.151 e.